The van der Waals surface area contributed by atoms with E-state index in [1.54, 1.807) is 24.3 Å². The Bertz CT molecular complexity index is 762. The number of benzene rings is 2. The molecular weight excluding hydrogens is 336 g/mol. The molecular formula is C19H20N2O5. The van der Waals surface area contributed by atoms with Crippen LogP contribution in [0.25, 0.3) is 0 Å². The van der Waals surface area contributed by atoms with Crippen LogP contribution in [0.15, 0.2) is 54.6 Å². The van der Waals surface area contributed by atoms with Crippen molar-refractivity contribution in [2.24, 2.45) is 0 Å². The number of methoxy groups -OCH3 is 1. The van der Waals surface area contributed by atoms with Gasteiger partial charge in [-0.05, 0) is 23.3 Å². The number of carbonyl (C=O) groups excluding carboxylic acids is 3. The Hall–Kier alpha value is -3.35. The zero-order valence-electron chi connectivity index (χ0n) is 14.4. The highest BCUT2D eigenvalue weighted by Crippen LogP contribution is 2.13. The molecule has 0 radical (unpaired) electrons. The van der Waals surface area contributed by atoms with Crippen LogP contribution in [0.3, 0.4) is 0 Å². The number of rotatable bonds is 7. The molecule has 0 aliphatic heterocycles. The summed E-state index contributed by atoms with van der Waals surface area (Å²) in [7, 11) is 1.53. The first-order chi connectivity index (χ1) is 12.6. The molecule has 0 aliphatic carbocycles. The van der Waals surface area contributed by atoms with E-state index >= 15 is 0 Å². The number of ether oxygens (including phenoxy) is 2. The van der Waals surface area contributed by atoms with E-state index in [9.17, 15) is 14.4 Å². The maximum Gasteiger partial charge on any atom is 0.321 e. The minimum absolute atomic E-state index is 0.00465. The van der Waals surface area contributed by atoms with Gasteiger partial charge in [0.05, 0.1) is 13.5 Å². The molecule has 26 heavy (non-hydrogen) atoms. The minimum atomic E-state index is -0.699. The van der Waals surface area contributed by atoms with Crippen molar-refractivity contribution in [2.75, 3.05) is 13.7 Å². The number of urea groups is 1. The molecule has 7 nitrogen and oxygen atoms in total. The van der Waals surface area contributed by atoms with E-state index in [1.165, 1.54) is 7.11 Å². The van der Waals surface area contributed by atoms with Crippen molar-refractivity contribution >= 4 is 17.9 Å². The van der Waals surface area contributed by atoms with Crippen molar-refractivity contribution in [1.29, 1.82) is 0 Å². The van der Waals surface area contributed by atoms with E-state index in [-0.39, 0.29) is 13.0 Å². The van der Waals surface area contributed by atoms with Crippen molar-refractivity contribution in [1.82, 2.24) is 10.6 Å². The number of nitrogens with one attached hydrogen (secondary N) is 2. The Morgan fingerprint density at radius 3 is 2.42 bits per heavy atom. The van der Waals surface area contributed by atoms with Gasteiger partial charge in [-0.25, -0.2) is 4.79 Å². The first-order valence-electron chi connectivity index (χ1n) is 7.97. The number of hydrogen-bond donors (Lipinski definition) is 2. The van der Waals surface area contributed by atoms with E-state index in [2.05, 4.69) is 10.6 Å². The van der Waals surface area contributed by atoms with Gasteiger partial charge in [0.15, 0.2) is 6.61 Å². The number of esters is 1. The van der Waals surface area contributed by atoms with Crippen LogP contribution in [0.1, 0.15) is 11.1 Å². The molecule has 0 atom stereocenters. The molecule has 136 valence electrons. The molecule has 0 heterocycles. The van der Waals surface area contributed by atoms with Crippen LogP contribution in [0.2, 0.25) is 0 Å². The summed E-state index contributed by atoms with van der Waals surface area (Å²) in [6.45, 7) is -0.239. The molecule has 2 aromatic rings. The van der Waals surface area contributed by atoms with Crippen molar-refractivity contribution < 1.29 is 23.9 Å². The number of hydrogen-bond acceptors (Lipinski definition) is 5. The Kier molecular flexibility index (Phi) is 7.17. The third-order valence-electron chi connectivity index (χ3n) is 3.40. The van der Waals surface area contributed by atoms with Crippen molar-refractivity contribution in [2.45, 2.75) is 13.0 Å². The maximum atomic E-state index is 11.8. The van der Waals surface area contributed by atoms with Gasteiger partial charge in [0.25, 0.3) is 5.91 Å². The molecule has 0 saturated carbocycles. The van der Waals surface area contributed by atoms with Crippen LogP contribution in [-0.2, 0) is 27.3 Å². The fourth-order valence-corrected chi connectivity index (χ4v) is 2.13. The summed E-state index contributed by atoms with van der Waals surface area (Å²) in [5, 5.41) is 4.65. The highest BCUT2D eigenvalue weighted by molar-refractivity contribution is 5.95. The standard InChI is InChI=1S/C19H20N2O5/c1-25-16-9-5-8-15(10-16)11-18(23)26-13-17(22)21-19(24)20-12-14-6-3-2-4-7-14/h2-10H,11-13H2,1H3,(H2,20,21,22,24). The summed E-state index contributed by atoms with van der Waals surface area (Å²) < 4.78 is 9.95. The second-order valence-corrected chi connectivity index (χ2v) is 5.41. The van der Waals surface area contributed by atoms with Gasteiger partial charge in [-0.15, -0.1) is 0 Å². The zero-order valence-corrected chi connectivity index (χ0v) is 14.4. The lowest BCUT2D eigenvalue weighted by atomic mass is 10.1. The Morgan fingerprint density at radius 2 is 1.69 bits per heavy atom. The second-order valence-electron chi connectivity index (χ2n) is 5.41. The molecule has 0 spiro atoms. The smallest absolute Gasteiger partial charge is 0.321 e. The van der Waals surface area contributed by atoms with Gasteiger partial charge in [0.1, 0.15) is 5.75 Å². The predicted molar refractivity (Wildman–Crippen MR) is 94.5 cm³/mol. The molecule has 2 aromatic carbocycles. The Balaban J connectivity index is 1.68. The highest BCUT2D eigenvalue weighted by atomic mass is 16.5. The van der Waals surface area contributed by atoms with Gasteiger partial charge in [-0.2, -0.15) is 0 Å². The van der Waals surface area contributed by atoms with Crippen molar-refractivity contribution in [3.8, 4) is 5.75 Å². The second kappa shape index (κ2) is 9.83. The molecule has 2 rings (SSSR count). The predicted octanol–water partition coefficient (Wildman–Crippen LogP) is 1.81. The summed E-state index contributed by atoms with van der Waals surface area (Å²) in [5.41, 5.74) is 1.61. The first kappa shape index (κ1) is 19.0. The maximum absolute atomic E-state index is 11.8. The fourth-order valence-electron chi connectivity index (χ4n) is 2.13. The minimum Gasteiger partial charge on any atom is -0.497 e. The molecule has 0 unspecified atom stereocenters. The molecule has 7 heteroatoms. The molecule has 0 aromatic heterocycles. The quantitative estimate of drug-likeness (QED) is 0.738. The SMILES string of the molecule is COc1cccc(CC(=O)OCC(=O)NC(=O)NCc2ccccc2)c1. The van der Waals surface area contributed by atoms with Crippen LogP contribution in [-0.4, -0.2) is 31.6 Å². The van der Waals surface area contributed by atoms with E-state index in [1.807, 2.05) is 30.3 Å². The molecule has 3 amide bonds. The van der Waals surface area contributed by atoms with E-state index in [0.717, 1.165) is 5.56 Å². The molecule has 0 aliphatic rings. The fraction of sp³-hybridized carbons (Fsp3) is 0.211. The van der Waals surface area contributed by atoms with Crippen molar-refractivity contribution in [3.05, 3.63) is 65.7 Å². The topological polar surface area (TPSA) is 93.7 Å². The summed E-state index contributed by atoms with van der Waals surface area (Å²) in [4.78, 5) is 35.1. The third kappa shape index (κ3) is 6.64. The lowest BCUT2D eigenvalue weighted by molar-refractivity contribution is -0.147. The highest BCUT2D eigenvalue weighted by Gasteiger charge is 2.11. The number of imide groups is 1. The number of amides is 3. The average Bonchev–Trinajstić information content (AvgIpc) is 2.66. The van der Waals surface area contributed by atoms with Gasteiger partial charge in [0.2, 0.25) is 0 Å². The van der Waals surface area contributed by atoms with Crippen LogP contribution >= 0.6 is 0 Å². The Labute approximate surface area is 151 Å². The summed E-state index contributed by atoms with van der Waals surface area (Å²) >= 11 is 0. The van der Waals surface area contributed by atoms with Crippen LogP contribution in [0.4, 0.5) is 4.79 Å². The van der Waals surface area contributed by atoms with Gasteiger partial charge in [-0.1, -0.05) is 42.5 Å². The van der Waals surface area contributed by atoms with Crippen LogP contribution in [0, 0.1) is 0 Å². The van der Waals surface area contributed by atoms with Crippen LogP contribution < -0.4 is 15.4 Å². The Morgan fingerprint density at radius 1 is 0.962 bits per heavy atom. The van der Waals surface area contributed by atoms with E-state index in [4.69, 9.17) is 9.47 Å². The van der Waals surface area contributed by atoms with Gasteiger partial charge < -0.3 is 14.8 Å². The lowest BCUT2D eigenvalue weighted by Crippen LogP contribution is -2.41. The van der Waals surface area contributed by atoms with Gasteiger partial charge in [0, 0.05) is 6.54 Å². The monoisotopic (exact) mass is 356 g/mol. The molecule has 0 saturated heterocycles. The molecule has 2 N–H and O–H groups in total. The largest absolute Gasteiger partial charge is 0.497 e. The molecule has 0 fully saturated rings. The molecule has 0 bridgehead atoms. The first-order valence-corrected chi connectivity index (χ1v) is 7.97. The van der Waals surface area contributed by atoms with Crippen LogP contribution in [0.5, 0.6) is 5.75 Å². The summed E-state index contributed by atoms with van der Waals surface area (Å²) in [6.07, 6.45) is 0.00465. The van der Waals surface area contributed by atoms with E-state index in [0.29, 0.717) is 11.3 Å². The summed E-state index contributed by atoms with van der Waals surface area (Å²) in [5.74, 6) is -0.643. The zero-order chi connectivity index (χ0) is 18.8. The average molecular weight is 356 g/mol. The number of carbonyl (C=O) groups is 3. The van der Waals surface area contributed by atoms with Crippen molar-refractivity contribution in [3.63, 3.8) is 0 Å². The lowest BCUT2D eigenvalue weighted by Gasteiger charge is -2.08. The van der Waals surface area contributed by atoms with Gasteiger partial charge >= 0.3 is 12.0 Å². The normalized spacial score (nSPS) is 9.88. The van der Waals surface area contributed by atoms with E-state index < -0.39 is 24.5 Å². The summed E-state index contributed by atoms with van der Waals surface area (Å²) in [6, 6.07) is 15.6. The third-order valence-corrected chi connectivity index (χ3v) is 3.40. The van der Waals surface area contributed by atoms with Gasteiger partial charge in [-0.3, -0.25) is 14.9 Å².